The van der Waals surface area contributed by atoms with E-state index < -0.39 is 0 Å². The summed E-state index contributed by atoms with van der Waals surface area (Å²) in [7, 11) is 1.67. The van der Waals surface area contributed by atoms with Crippen molar-refractivity contribution in [1.82, 2.24) is 10.3 Å². The van der Waals surface area contributed by atoms with Gasteiger partial charge in [0.2, 0.25) is 5.91 Å². The van der Waals surface area contributed by atoms with E-state index >= 15 is 0 Å². The van der Waals surface area contributed by atoms with Crippen molar-refractivity contribution in [2.75, 3.05) is 7.05 Å². The second-order valence-electron chi connectivity index (χ2n) is 3.91. The summed E-state index contributed by atoms with van der Waals surface area (Å²) in [5, 5.41) is 3.86. The summed E-state index contributed by atoms with van der Waals surface area (Å²) in [5.74, 6) is 0.108. The lowest BCUT2D eigenvalue weighted by Gasteiger charge is -1.98. The van der Waals surface area contributed by atoms with E-state index in [0.29, 0.717) is 6.42 Å². The number of amides is 1. The molecule has 2 N–H and O–H groups in total. The van der Waals surface area contributed by atoms with Gasteiger partial charge in [0, 0.05) is 24.7 Å². The van der Waals surface area contributed by atoms with Gasteiger partial charge in [-0.3, -0.25) is 4.79 Å². The fourth-order valence-electron chi connectivity index (χ4n) is 1.83. The molecule has 0 radical (unpaired) electrons. The maximum absolute atomic E-state index is 11.1. The van der Waals surface area contributed by atoms with Gasteiger partial charge in [0.25, 0.3) is 0 Å². The van der Waals surface area contributed by atoms with Crippen molar-refractivity contribution in [3.05, 3.63) is 36.0 Å². The number of benzene rings is 1. The topological polar surface area (TPSA) is 44.9 Å². The third-order valence-electron chi connectivity index (χ3n) is 2.71. The number of para-hydroxylation sites is 1. The predicted octanol–water partition coefficient (Wildman–Crippen LogP) is 2.24. The van der Waals surface area contributed by atoms with Crippen molar-refractivity contribution in [2.45, 2.75) is 19.3 Å². The Morgan fingerprint density at radius 2 is 2.19 bits per heavy atom. The first-order valence-corrected chi connectivity index (χ1v) is 5.57. The van der Waals surface area contributed by atoms with Crippen molar-refractivity contribution in [1.29, 1.82) is 0 Å². The summed E-state index contributed by atoms with van der Waals surface area (Å²) in [6.07, 6.45) is 2.39. The molecule has 1 aromatic carbocycles. The van der Waals surface area contributed by atoms with Gasteiger partial charge in [0.15, 0.2) is 0 Å². The van der Waals surface area contributed by atoms with Gasteiger partial charge < -0.3 is 10.3 Å². The second-order valence-corrected chi connectivity index (χ2v) is 3.91. The van der Waals surface area contributed by atoms with Gasteiger partial charge in [-0.05, 0) is 30.4 Å². The molecule has 0 fully saturated rings. The largest absolute Gasteiger partial charge is 0.359 e. The van der Waals surface area contributed by atoms with Crippen molar-refractivity contribution in [3.8, 4) is 0 Å². The number of aromatic amines is 1. The third kappa shape index (κ3) is 2.42. The van der Waals surface area contributed by atoms with E-state index in [1.54, 1.807) is 7.05 Å². The third-order valence-corrected chi connectivity index (χ3v) is 2.71. The van der Waals surface area contributed by atoms with E-state index in [4.69, 9.17) is 0 Å². The van der Waals surface area contributed by atoms with Gasteiger partial charge >= 0.3 is 0 Å². The standard InChI is InChI=1S/C13H16N2O/c1-14-13(16)8-4-6-11-9-10-5-2-3-7-12(10)15-11/h2-3,5,7,9,15H,4,6,8H2,1H3,(H,14,16). The summed E-state index contributed by atoms with van der Waals surface area (Å²) >= 11 is 0. The van der Waals surface area contributed by atoms with Crippen molar-refractivity contribution in [2.24, 2.45) is 0 Å². The highest BCUT2D eigenvalue weighted by Gasteiger charge is 2.01. The minimum absolute atomic E-state index is 0.108. The fourth-order valence-corrected chi connectivity index (χ4v) is 1.83. The van der Waals surface area contributed by atoms with Crippen LogP contribution in [0.2, 0.25) is 0 Å². The van der Waals surface area contributed by atoms with Crippen LogP contribution in [-0.2, 0) is 11.2 Å². The number of aromatic nitrogens is 1. The van der Waals surface area contributed by atoms with E-state index in [2.05, 4.69) is 28.5 Å². The molecule has 0 atom stereocenters. The molecule has 84 valence electrons. The van der Waals surface area contributed by atoms with Crippen molar-refractivity contribution in [3.63, 3.8) is 0 Å². The Morgan fingerprint density at radius 1 is 1.38 bits per heavy atom. The molecule has 2 rings (SSSR count). The maximum Gasteiger partial charge on any atom is 0.219 e. The molecule has 0 saturated heterocycles. The number of aryl methyl sites for hydroxylation is 1. The Hall–Kier alpha value is -1.77. The van der Waals surface area contributed by atoms with E-state index in [9.17, 15) is 4.79 Å². The molecule has 0 unspecified atom stereocenters. The molecule has 3 heteroatoms. The van der Waals surface area contributed by atoms with E-state index in [0.717, 1.165) is 18.4 Å². The van der Waals surface area contributed by atoms with Crippen molar-refractivity contribution >= 4 is 16.8 Å². The Balaban J connectivity index is 1.97. The first-order chi connectivity index (χ1) is 7.79. The summed E-state index contributed by atoms with van der Waals surface area (Å²) in [6, 6.07) is 10.4. The van der Waals surface area contributed by atoms with Crippen molar-refractivity contribution < 1.29 is 4.79 Å². The van der Waals surface area contributed by atoms with Crippen LogP contribution in [0.5, 0.6) is 0 Å². The molecule has 1 heterocycles. The number of rotatable bonds is 4. The monoisotopic (exact) mass is 216 g/mol. The second kappa shape index (κ2) is 4.84. The molecule has 0 aliphatic rings. The highest BCUT2D eigenvalue weighted by Crippen LogP contribution is 2.15. The van der Waals surface area contributed by atoms with Crippen LogP contribution in [0.3, 0.4) is 0 Å². The summed E-state index contributed by atoms with van der Waals surface area (Å²) in [4.78, 5) is 14.4. The van der Waals surface area contributed by atoms with Crippen LogP contribution in [0.4, 0.5) is 0 Å². The van der Waals surface area contributed by atoms with Crippen LogP contribution < -0.4 is 5.32 Å². The lowest BCUT2D eigenvalue weighted by Crippen LogP contribution is -2.17. The highest BCUT2D eigenvalue weighted by atomic mass is 16.1. The van der Waals surface area contributed by atoms with Crippen LogP contribution in [0.1, 0.15) is 18.5 Å². The zero-order valence-corrected chi connectivity index (χ0v) is 9.42. The molecule has 0 saturated carbocycles. The quantitative estimate of drug-likeness (QED) is 0.808. The molecule has 0 aliphatic carbocycles. The van der Waals surface area contributed by atoms with Gasteiger partial charge in [0.05, 0.1) is 0 Å². The number of nitrogens with one attached hydrogen (secondary N) is 2. The lowest BCUT2D eigenvalue weighted by atomic mass is 10.2. The van der Waals surface area contributed by atoms with E-state index in [1.165, 1.54) is 11.1 Å². The number of H-pyrrole nitrogens is 1. The molecule has 3 nitrogen and oxygen atoms in total. The molecule has 2 aromatic rings. The van der Waals surface area contributed by atoms with Gasteiger partial charge in [-0.2, -0.15) is 0 Å². The maximum atomic E-state index is 11.1. The van der Waals surface area contributed by atoms with Gasteiger partial charge in [-0.15, -0.1) is 0 Å². The fraction of sp³-hybridized carbons (Fsp3) is 0.308. The highest BCUT2D eigenvalue weighted by molar-refractivity contribution is 5.80. The smallest absolute Gasteiger partial charge is 0.219 e. The van der Waals surface area contributed by atoms with Crippen LogP contribution in [0.15, 0.2) is 30.3 Å². The minimum atomic E-state index is 0.108. The Morgan fingerprint density at radius 3 is 2.94 bits per heavy atom. The van der Waals surface area contributed by atoms with E-state index in [1.807, 2.05) is 12.1 Å². The predicted molar refractivity (Wildman–Crippen MR) is 65.3 cm³/mol. The summed E-state index contributed by atoms with van der Waals surface area (Å²) in [6.45, 7) is 0. The first kappa shape index (κ1) is 10.7. The average Bonchev–Trinajstić information content (AvgIpc) is 2.71. The first-order valence-electron chi connectivity index (χ1n) is 5.57. The Bertz CT molecular complexity index is 454. The zero-order chi connectivity index (χ0) is 11.4. The van der Waals surface area contributed by atoms with Crippen LogP contribution in [0.25, 0.3) is 10.9 Å². The van der Waals surface area contributed by atoms with Gasteiger partial charge in [-0.1, -0.05) is 18.2 Å². The average molecular weight is 216 g/mol. The zero-order valence-electron chi connectivity index (χ0n) is 9.42. The van der Waals surface area contributed by atoms with Gasteiger partial charge in [0.1, 0.15) is 0 Å². The van der Waals surface area contributed by atoms with E-state index in [-0.39, 0.29) is 5.91 Å². The molecule has 16 heavy (non-hydrogen) atoms. The van der Waals surface area contributed by atoms with Crippen LogP contribution >= 0.6 is 0 Å². The number of hydrogen-bond acceptors (Lipinski definition) is 1. The number of carbonyl (C=O) groups is 1. The number of hydrogen-bond donors (Lipinski definition) is 2. The molecular weight excluding hydrogens is 200 g/mol. The van der Waals surface area contributed by atoms with Crippen LogP contribution in [-0.4, -0.2) is 17.9 Å². The Labute approximate surface area is 94.9 Å². The minimum Gasteiger partial charge on any atom is -0.359 e. The SMILES string of the molecule is CNC(=O)CCCc1cc2ccccc2[nH]1. The summed E-state index contributed by atoms with van der Waals surface area (Å²) in [5.41, 5.74) is 2.36. The number of carbonyl (C=O) groups excluding carboxylic acids is 1. The van der Waals surface area contributed by atoms with Gasteiger partial charge in [-0.25, -0.2) is 0 Å². The molecule has 0 spiro atoms. The summed E-state index contributed by atoms with van der Waals surface area (Å²) < 4.78 is 0. The molecule has 0 aliphatic heterocycles. The molecule has 1 amide bonds. The normalized spacial score (nSPS) is 10.6. The Kier molecular flexibility index (Phi) is 3.25. The van der Waals surface area contributed by atoms with Crippen LogP contribution in [0, 0.1) is 0 Å². The molecule has 1 aromatic heterocycles. The molecule has 0 bridgehead atoms. The lowest BCUT2D eigenvalue weighted by molar-refractivity contribution is -0.120. The number of fused-ring (bicyclic) bond motifs is 1. The molecular formula is C13H16N2O.